The van der Waals surface area contributed by atoms with Crippen LogP contribution in [0.3, 0.4) is 0 Å². The van der Waals surface area contributed by atoms with Crippen LogP contribution in [0.4, 0.5) is 5.69 Å². The molecule has 2 aromatic carbocycles. The number of hydrogen-bond donors (Lipinski definition) is 1. The Kier molecular flexibility index (Phi) is 7.62. The highest BCUT2D eigenvalue weighted by molar-refractivity contribution is 7.99. The molecule has 0 fully saturated rings. The van der Waals surface area contributed by atoms with E-state index in [0.717, 1.165) is 29.3 Å². The lowest BCUT2D eigenvalue weighted by Gasteiger charge is -2.10. The first-order chi connectivity index (χ1) is 16.1. The molecule has 0 spiro atoms. The van der Waals surface area contributed by atoms with Gasteiger partial charge in [-0.25, -0.2) is 0 Å². The van der Waals surface area contributed by atoms with Gasteiger partial charge >= 0.3 is 0 Å². The molecule has 0 aliphatic carbocycles. The molecule has 6 nitrogen and oxygen atoms in total. The maximum absolute atomic E-state index is 12.6. The van der Waals surface area contributed by atoms with Crippen LogP contribution >= 0.6 is 11.8 Å². The Morgan fingerprint density at radius 3 is 2.55 bits per heavy atom. The number of nitrogens with one attached hydrogen (secondary N) is 1. The first-order valence-corrected chi connectivity index (χ1v) is 12.1. The summed E-state index contributed by atoms with van der Waals surface area (Å²) in [7, 11) is 0. The Labute approximate surface area is 198 Å². The maximum Gasteiger partial charge on any atom is 0.234 e. The van der Waals surface area contributed by atoms with Gasteiger partial charge in [0.05, 0.1) is 18.6 Å². The van der Waals surface area contributed by atoms with E-state index in [2.05, 4.69) is 53.6 Å². The quantitative estimate of drug-likeness (QED) is 0.295. The SMILES string of the molecule is CCCCc1ccc(NC(=O)CSc2nnc(-c3ccc(C)cc3)n2Cc2ccco2)cc1. The third-order valence-corrected chi connectivity index (χ3v) is 6.28. The highest BCUT2D eigenvalue weighted by atomic mass is 32.2. The Morgan fingerprint density at radius 1 is 1.06 bits per heavy atom. The number of rotatable bonds is 10. The molecule has 4 rings (SSSR count). The van der Waals surface area contributed by atoms with Gasteiger partial charge in [-0.3, -0.25) is 9.36 Å². The number of hydrogen-bond acceptors (Lipinski definition) is 5. The van der Waals surface area contributed by atoms with Crippen LogP contribution in [0.2, 0.25) is 0 Å². The summed E-state index contributed by atoms with van der Waals surface area (Å²) in [5, 5.41) is 12.4. The lowest BCUT2D eigenvalue weighted by molar-refractivity contribution is -0.113. The zero-order valence-corrected chi connectivity index (χ0v) is 19.8. The fourth-order valence-electron chi connectivity index (χ4n) is 3.48. The molecule has 0 aliphatic rings. The Balaban J connectivity index is 1.44. The van der Waals surface area contributed by atoms with Crippen molar-refractivity contribution in [2.45, 2.75) is 44.8 Å². The van der Waals surface area contributed by atoms with E-state index >= 15 is 0 Å². The van der Waals surface area contributed by atoms with E-state index < -0.39 is 0 Å². The molecule has 0 saturated carbocycles. The number of unbranched alkanes of at least 4 members (excludes halogenated alkanes) is 1. The molecule has 0 saturated heterocycles. The van der Waals surface area contributed by atoms with Crippen LogP contribution in [0.15, 0.2) is 76.5 Å². The highest BCUT2D eigenvalue weighted by Crippen LogP contribution is 2.26. The topological polar surface area (TPSA) is 73.0 Å². The third-order valence-electron chi connectivity index (χ3n) is 5.31. The van der Waals surface area contributed by atoms with Crippen molar-refractivity contribution in [3.05, 3.63) is 83.8 Å². The molecule has 1 N–H and O–H groups in total. The van der Waals surface area contributed by atoms with Crippen molar-refractivity contribution in [3.63, 3.8) is 0 Å². The summed E-state index contributed by atoms with van der Waals surface area (Å²) >= 11 is 1.36. The van der Waals surface area contributed by atoms with E-state index in [4.69, 9.17) is 4.42 Å². The molecule has 170 valence electrons. The predicted molar refractivity (Wildman–Crippen MR) is 132 cm³/mol. The molecule has 0 unspecified atom stereocenters. The minimum Gasteiger partial charge on any atom is -0.467 e. The minimum atomic E-state index is -0.0780. The van der Waals surface area contributed by atoms with Crippen molar-refractivity contribution in [2.24, 2.45) is 0 Å². The number of aryl methyl sites for hydroxylation is 2. The summed E-state index contributed by atoms with van der Waals surface area (Å²) in [6.07, 6.45) is 5.06. The summed E-state index contributed by atoms with van der Waals surface area (Å²) in [4.78, 5) is 12.6. The van der Waals surface area contributed by atoms with Crippen LogP contribution in [0.5, 0.6) is 0 Å². The number of aromatic nitrogens is 3. The molecule has 4 aromatic rings. The molecule has 0 aliphatic heterocycles. The van der Waals surface area contributed by atoms with Crippen LogP contribution < -0.4 is 5.32 Å². The molecule has 0 atom stereocenters. The monoisotopic (exact) mass is 460 g/mol. The number of nitrogens with zero attached hydrogens (tertiary/aromatic N) is 3. The smallest absolute Gasteiger partial charge is 0.234 e. The van der Waals surface area contributed by atoms with Crippen molar-refractivity contribution in [1.29, 1.82) is 0 Å². The van der Waals surface area contributed by atoms with Gasteiger partial charge in [-0.05, 0) is 49.6 Å². The molecular formula is C26H28N4O2S. The van der Waals surface area contributed by atoms with Gasteiger partial charge in [0.15, 0.2) is 11.0 Å². The van der Waals surface area contributed by atoms with Crippen molar-refractivity contribution in [3.8, 4) is 11.4 Å². The van der Waals surface area contributed by atoms with Gasteiger partial charge in [0.25, 0.3) is 0 Å². The number of amides is 1. The van der Waals surface area contributed by atoms with E-state index in [1.54, 1.807) is 6.26 Å². The van der Waals surface area contributed by atoms with Crippen LogP contribution in [0.1, 0.15) is 36.7 Å². The highest BCUT2D eigenvalue weighted by Gasteiger charge is 2.17. The molecule has 7 heteroatoms. The standard InChI is InChI=1S/C26H28N4O2S/c1-3-4-6-20-10-14-22(15-11-20)27-24(31)18-33-26-29-28-25(21-12-8-19(2)9-13-21)30(26)17-23-7-5-16-32-23/h5,7-16H,3-4,6,17-18H2,1-2H3,(H,27,31). The number of thioether (sulfide) groups is 1. The van der Waals surface area contributed by atoms with Crippen LogP contribution in [-0.4, -0.2) is 26.4 Å². The summed E-state index contributed by atoms with van der Waals surface area (Å²) in [5.74, 6) is 1.71. The summed E-state index contributed by atoms with van der Waals surface area (Å²) in [5.41, 5.74) is 4.25. The number of benzene rings is 2. The zero-order valence-electron chi connectivity index (χ0n) is 19.0. The van der Waals surface area contributed by atoms with Gasteiger partial charge in [-0.1, -0.05) is 67.1 Å². The Morgan fingerprint density at radius 2 is 1.85 bits per heavy atom. The Hall–Kier alpha value is -3.32. The fraction of sp³-hybridized carbons (Fsp3) is 0.269. The molecule has 2 aromatic heterocycles. The predicted octanol–water partition coefficient (Wildman–Crippen LogP) is 5.97. The molecule has 33 heavy (non-hydrogen) atoms. The maximum atomic E-state index is 12.6. The van der Waals surface area contributed by atoms with Gasteiger partial charge in [0, 0.05) is 11.3 Å². The summed E-state index contributed by atoms with van der Waals surface area (Å²) in [6, 6.07) is 20.0. The second-order valence-corrected chi connectivity index (χ2v) is 8.92. The average molecular weight is 461 g/mol. The molecule has 1 amide bonds. The third kappa shape index (κ3) is 6.14. The van der Waals surface area contributed by atoms with E-state index in [1.807, 2.05) is 41.0 Å². The number of anilines is 1. The first kappa shape index (κ1) is 22.9. The largest absolute Gasteiger partial charge is 0.467 e. The van der Waals surface area contributed by atoms with Crippen molar-refractivity contribution < 1.29 is 9.21 Å². The van der Waals surface area contributed by atoms with E-state index in [0.29, 0.717) is 11.7 Å². The zero-order chi connectivity index (χ0) is 23.0. The first-order valence-electron chi connectivity index (χ1n) is 11.2. The average Bonchev–Trinajstić information content (AvgIpc) is 3.48. The number of carbonyl (C=O) groups is 1. The van der Waals surface area contributed by atoms with Crippen molar-refractivity contribution >= 4 is 23.4 Å². The number of carbonyl (C=O) groups excluding carboxylic acids is 1. The summed E-state index contributed by atoms with van der Waals surface area (Å²) in [6.45, 7) is 4.73. The van der Waals surface area contributed by atoms with Gasteiger partial charge in [0.1, 0.15) is 5.76 Å². The van der Waals surface area contributed by atoms with Crippen LogP contribution in [0, 0.1) is 6.92 Å². The van der Waals surface area contributed by atoms with Gasteiger partial charge in [-0.2, -0.15) is 0 Å². The molecule has 0 radical (unpaired) electrons. The molecule has 2 heterocycles. The number of furan rings is 1. The lowest BCUT2D eigenvalue weighted by Crippen LogP contribution is -2.14. The van der Waals surface area contributed by atoms with Gasteiger partial charge in [-0.15, -0.1) is 10.2 Å². The Bertz CT molecular complexity index is 1170. The lowest BCUT2D eigenvalue weighted by atomic mass is 10.1. The molecule has 0 bridgehead atoms. The fourth-order valence-corrected chi connectivity index (χ4v) is 4.21. The second-order valence-electron chi connectivity index (χ2n) is 7.98. The van der Waals surface area contributed by atoms with Crippen molar-refractivity contribution in [2.75, 3.05) is 11.1 Å². The van der Waals surface area contributed by atoms with Crippen molar-refractivity contribution in [1.82, 2.24) is 14.8 Å². The van der Waals surface area contributed by atoms with E-state index in [1.165, 1.54) is 35.7 Å². The van der Waals surface area contributed by atoms with Crippen LogP contribution in [-0.2, 0) is 17.8 Å². The van der Waals surface area contributed by atoms with Gasteiger partial charge < -0.3 is 9.73 Å². The normalized spacial score (nSPS) is 11.0. The summed E-state index contributed by atoms with van der Waals surface area (Å²) < 4.78 is 7.54. The van der Waals surface area contributed by atoms with Gasteiger partial charge in [0.2, 0.25) is 5.91 Å². The van der Waals surface area contributed by atoms with E-state index in [9.17, 15) is 4.79 Å². The minimum absolute atomic E-state index is 0.0780. The molecular weight excluding hydrogens is 432 g/mol. The van der Waals surface area contributed by atoms with Crippen LogP contribution in [0.25, 0.3) is 11.4 Å². The second kappa shape index (κ2) is 11.0. The van der Waals surface area contributed by atoms with E-state index in [-0.39, 0.29) is 11.7 Å².